The first-order valence-corrected chi connectivity index (χ1v) is 7.72. The van der Waals surface area contributed by atoms with E-state index in [9.17, 15) is 0 Å². The van der Waals surface area contributed by atoms with Gasteiger partial charge in [0, 0.05) is 6.04 Å². The Balaban J connectivity index is 2.16. The van der Waals surface area contributed by atoms with Crippen LogP contribution in [0.5, 0.6) is 0 Å². The molecule has 17 heavy (non-hydrogen) atoms. The summed E-state index contributed by atoms with van der Waals surface area (Å²) < 4.78 is 2.23. The van der Waals surface area contributed by atoms with Crippen LogP contribution in [0.4, 0.5) is 0 Å². The lowest BCUT2D eigenvalue weighted by atomic mass is 10.0. The van der Waals surface area contributed by atoms with E-state index in [2.05, 4.69) is 69.1 Å². The molecule has 0 saturated carbocycles. The molecule has 0 bridgehead atoms. The van der Waals surface area contributed by atoms with Crippen molar-refractivity contribution in [2.75, 3.05) is 0 Å². The molecule has 1 unspecified atom stereocenters. The quantitative estimate of drug-likeness (QED) is 0.818. The molecule has 0 aliphatic heterocycles. The average Bonchev–Trinajstić information content (AvgIpc) is 2.58. The van der Waals surface area contributed by atoms with Gasteiger partial charge in [0.05, 0.1) is 7.57 Å². The van der Waals surface area contributed by atoms with Gasteiger partial charge in [-0.1, -0.05) is 29.8 Å². The van der Waals surface area contributed by atoms with Gasteiger partial charge in [0.1, 0.15) is 0 Å². The number of aryl methyl sites for hydroxylation is 1. The van der Waals surface area contributed by atoms with Crippen LogP contribution in [0.2, 0.25) is 0 Å². The highest BCUT2D eigenvalue weighted by Crippen LogP contribution is 2.35. The van der Waals surface area contributed by atoms with E-state index in [1.165, 1.54) is 16.7 Å². The van der Waals surface area contributed by atoms with Gasteiger partial charge in [0.25, 0.3) is 0 Å². The first-order valence-electron chi connectivity index (χ1n) is 5.32. The lowest BCUT2D eigenvalue weighted by Crippen LogP contribution is -2.13. The maximum Gasteiger partial charge on any atom is 0.0758 e. The molecule has 0 radical (unpaired) electrons. The third-order valence-electron chi connectivity index (χ3n) is 2.62. The summed E-state index contributed by atoms with van der Waals surface area (Å²) in [5, 5.41) is 0. The number of hydrogen-bond donors (Lipinski definition) is 1. The standard InChI is InChI=1S/C13H13Br2NS/c1-8-3-2-4-9(5-8)6-11(16)10-7-12(14)17-13(10)15/h2-5,7,11H,6,16H2,1H3. The first kappa shape index (κ1) is 13.3. The van der Waals surface area contributed by atoms with Crippen LogP contribution >= 0.6 is 43.2 Å². The van der Waals surface area contributed by atoms with Crippen molar-refractivity contribution in [1.82, 2.24) is 0 Å². The molecular formula is C13H13Br2NS. The van der Waals surface area contributed by atoms with Crippen molar-refractivity contribution in [1.29, 1.82) is 0 Å². The monoisotopic (exact) mass is 373 g/mol. The van der Waals surface area contributed by atoms with Crippen LogP contribution in [-0.2, 0) is 6.42 Å². The predicted octanol–water partition coefficient (Wildman–Crippen LogP) is 4.82. The van der Waals surface area contributed by atoms with Gasteiger partial charge in [-0.15, -0.1) is 11.3 Å². The fourth-order valence-corrected chi connectivity index (χ4v) is 4.81. The fraction of sp³-hybridized carbons (Fsp3) is 0.231. The lowest BCUT2D eigenvalue weighted by Gasteiger charge is -2.11. The number of nitrogens with two attached hydrogens (primary N) is 1. The van der Waals surface area contributed by atoms with Crippen LogP contribution in [0.3, 0.4) is 0 Å². The maximum atomic E-state index is 6.25. The minimum atomic E-state index is 0.0359. The van der Waals surface area contributed by atoms with Gasteiger partial charge in [-0.05, 0) is 62.4 Å². The number of benzene rings is 1. The molecule has 1 aromatic carbocycles. The van der Waals surface area contributed by atoms with E-state index in [-0.39, 0.29) is 6.04 Å². The Morgan fingerprint density at radius 2 is 2.06 bits per heavy atom. The van der Waals surface area contributed by atoms with Gasteiger partial charge in [0.15, 0.2) is 0 Å². The topological polar surface area (TPSA) is 26.0 Å². The summed E-state index contributed by atoms with van der Waals surface area (Å²) in [5.41, 5.74) is 9.98. The van der Waals surface area contributed by atoms with Crippen LogP contribution in [-0.4, -0.2) is 0 Å². The Hall–Kier alpha value is -0.160. The third-order valence-corrected chi connectivity index (χ3v) is 5.01. The second-order valence-corrected chi connectivity index (χ2v) is 7.83. The Morgan fingerprint density at radius 1 is 1.29 bits per heavy atom. The molecule has 0 saturated heterocycles. The minimum Gasteiger partial charge on any atom is -0.324 e. The highest BCUT2D eigenvalue weighted by molar-refractivity contribution is 9.12. The molecule has 1 atom stereocenters. The van der Waals surface area contributed by atoms with Gasteiger partial charge < -0.3 is 5.73 Å². The molecule has 1 aromatic heterocycles. The zero-order valence-corrected chi connectivity index (χ0v) is 13.4. The third kappa shape index (κ3) is 3.41. The van der Waals surface area contributed by atoms with Gasteiger partial charge in [-0.25, -0.2) is 0 Å². The molecule has 4 heteroatoms. The van der Waals surface area contributed by atoms with Crippen LogP contribution in [0.15, 0.2) is 37.9 Å². The molecule has 0 aliphatic carbocycles. The molecular weight excluding hydrogens is 362 g/mol. The summed E-state index contributed by atoms with van der Waals surface area (Å²) in [6.07, 6.45) is 0.865. The van der Waals surface area contributed by atoms with Crippen molar-refractivity contribution in [2.45, 2.75) is 19.4 Å². The van der Waals surface area contributed by atoms with Crippen molar-refractivity contribution in [2.24, 2.45) is 5.73 Å². The van der Waals surface area contributed by atoms with Gasteiger partial charge >= 0.3 is 0 Å². The Morgan fingerprint density at radius 3 is 2.65 bits per heavy atom. The van der Waals surface area contributed by atoms with Crippen LogP contribution in [0.25, 0.3) is 0 Å². The van der Waals surface area contributed by atoms with E-state index in [0.29, 0.717) is 0 Å². The molecule has 90 valence electrons. The lowest BCUT2D eigenvalue weighted by molar-refractivity contribution is 0.721. The van der Waals surface area contributed by atoms with Gasteiger partial charge in [-0.2, -0.15) is 0 Å². The zero-order chi connectivity index (χ0) is 12.4. The smallest absolute Gasteiger partial charge is 0.0758 e. The van der Waals surface area contributed by atoms with E-state index >= 15 is 0 Å². The highest BCUT2D eigenvalue weighted by atomic mass is 79.9. The molecule has 0 aliphatic rings. The fourth-order valence-electron chi connectivity index (χ4n) is 1.81. The maximum absolute atomic E-state index is 6.25. The van der Waals surface area contributed by atoms with Crippen LogP contribution in [0, 0.1) is 6.92 Å². The summed E-state index contributed by atoms with van der Waals surface area (Å²) in [5.74, 6) is 0. The Bertz CT molecular complexity index is 522. The first-order chi connectivity index (χ1) is 8.06. The molecule has 2 N–H and O–H groups in total. The summed E-state index contributed by atoms with van der Waals surface area (Å²) in [6.45, 7) is 2.10. The molecule has 0 amide bonds. The van der Waals surface area contributed by atoms with Crippen molar-refractivity contribution in [3.05, 3.63) is 54.6 Å². The van der Waals surface area contributed by atoms with E-state index in [4.69, 9.17) is 5.73 Å². The normalized spacial score (nSPS) is 12.7. The van der Waals surface area contributed by atoms with Crippen molar-refractivity contribution >= 4 is 43.2 Å². The molecule has 2 rings (SSSR count). The Labute approximate surface area is 122 Å². The highest BCUT2D eigenvalue weighted by Gasteiger charge is 2.13. The number of halogens is 2. The van der Waals surface area contributed by atoms with E-state index in [0.717, 1.165) is 14.0 Å². The molecule has 2 aromatic rings. The Kier molecular flexibility index (Phi) is 4.42. The van der Waals surface area contributed by atoms with Gasteiger partial charge in [-0.3, -0.25) is 0 Å². The summed E-state index contributed by atoms with van der Waals surface area (Å²) in [7, 11) is 0. The van der Waals surface area contributed by atoms with Crippen molar-refractivity contribution < 1.29 is 0 Å². The number of thiophene rings is 1. The summed E-state index contributed by atoms with van der Waals surface area (Å²) >= 11 is 8.70. The van der Waals surface area contributed by atoms with Crippen molar-refractivity contribution in [3.63, 3.8) is 0 Å². The van der Waals surface area contributed by atoms with E-state index in [1.807, 2.05) is 0 Å². The number of hydrogen-bond acceptors (Lipinski definition) is 2. The number of rotatable bonds is 3. The molecule has 0 fully saturated rings. The summed E-state index contributed by atoms with van der Waals surface area (Å²) in [4.78, 5) is 0. The SMILES string of the molecule is Cc1cccc(CC(N)c2cc(Br)sc2Br)c1. The van der Waals surface area contributed by atoms with Gasteiger partial charge in [0.2, 0.25) is 0 Å². The van der Waals surface area contributed by atoms with Crippen LogP contribution < -0.4 is 5.73 Å². The largest absolute Gasteiger partial charge is 0.324 e. The average molecular weight is 375 g/mol. The zero-order valence-electron chi connectivity index (χ0n) is 9.41. The summed E-state index contributed by atoms with van der Waals surface area (Å²) in [6, 6.07) is 10.6. The minimum absolute atomic E-state index is 0.0359. The molecule has 1 heterocycles. The second kappa shape index (κ2) is 5.65. The molecule has 1 nitrogen and oxygen atoms in total. The second-order valence-electron chi connectivity index (χ2n) is 4.08. The van der Waals surface area contributed by atoms with Crippen LogP contribution in [0.1, 0.15) is 22.7 Å². The van der Waals surface area contributed by atoms with E-state index in [1.54, 1.807) is 11.3 Å². The molecule has 0 spiro atoms. The van der Waals surface area contributed by atoms with E-state index < -0.39 is 0 Å². The van der Waals surface area contributed by atoms with Crippen molar-refractivity contribution in [3.8, 4) is 0 Å². The predicted molar refractivity (Wildman–Crippen MR) is 81.5 cm³/mol.